The van der Waals surface area contributed by atoms with Gasteiger partial charge in [-0.25, -0.2) is 0 Å². The number of nitrogens with one attached hydrogen (secondary N) is 1. The molecule has 0 aliphatic carbocycles. The molecule has 0 unspecified atom stereocenters. The minimum absolute atomic E-state index is 0.370. The number of rotatable bonds is 7. The van der Waals surface area contributed by atoms with Crippen LogP contribution in [0, 0.1) is 0 Å². The number of thiocarbonyl (C=S) groups is 1. The summed E-state index contributed by atoms with van der Waals surface area (Å²) in [6.07, 6.45) is 2.29. The Bertz CT molecular complexity index is 407. The molecule has 5 heteroatoms. The summed E-state index contributed by atoms with van der Waals surface area (Å²) < 4.78 is 0. The summed E-state index contributed by atoms with van der Waals surface area (Å²) in [5.74, 6) is 0. The number of benzene rings is 1. The zero-order chi connectivity index (χ0) is 13.5. The van der Waals surface area contributed by atoms with E-state index in [9.17, 15) is 0 Å². The van der Waals surface area contributed by atoms with Gasteiger partial charge >= 0.3 is 0 Å². The van der Waals surface area contributed by atoms with E-state index in [0.717, 1.165) is 30.8 Å². The maximum atomic E-state index is 6.15. The van der Waals surface area contributed by atoms with Crippen LogP contribution in [-0.2, 0) is 0 Å². The van der Waals surface area contributed by atoms with E-state index in [2.05, 4.69) is 24.3 Å². The summed E-state index contributed by atoms with van der Waals surface area (Å²) >= 11 is 11.1. The Hall–Kier alpha value is -0.840. The Labute approximate surface area is 119 Å². The fourth-order valence-electron chi connectivity index (χ4n) is 1.59. The predicted molar refractivity (Wildman–Crippen MR) is 83.6 cm³/mol. The molecule has 0 atom stereocenters. The van der Waals surface area contributed by atoms with Crippen molar-refractivity contribution < 1.29 is 0 Å². The molecule has 0 saturated heterocycles. The van der Waals surface area contributed by atoms with Crippen LogP contribution in [0.1, 0.15) is 18.4 Å². The van der Waals surface area contributed by atoms with Crippen LogP contribution in [-0.4, -0.2) is 37.1 Å². The molecule has 0 bridgehead atoms. The highest BCUT2D eigenvalue weighted by Crippen LogP contribution is 2.23. The first-order valence-electron chi connectivity index (χ1n) is 5.98. The van der Waals surface area contributed by atoms with Crippen molar-refractivity contribution in [1.82, 2.24) is 4.90 Å². The van der Waals surface area contributed by atoms with Crippen LogP contribution in [0.4, 0.5) is 5.69 Å². The number of hydrogen-bond donors (Lipinski definition) is 2. The molecule has 1 rings (SSSR count). The molecule has 1 aromatic carbocycles. The van der Waals surface area contributed by atoms with Gasteiger partial charge in [0.2, 0.25) is 0 Å². The summed E-state index contributed by atoms with van der Waals surface area (Å²) in [5, 5.41) is 3.98. The van der Waals surface area contributed by atoms with Crippen LogP contribution in [0.3, 0.4) is 0 Å². The van der Waals surface area contributed by atoms with E-state index in [1.807, 2.05) is 12.1 Å². The van der Waals surface area contributed by atoms with Crippen LogP contribution >= 0.6 is 23.8 Å². The van der Waals surface area contributed by atoms with Gasteiger partial charge in [-0.15, -0.1) is 0 Å². The molecule has 100 valence electrons. The predicted octanol–water partition coefficient (Wildman–Crippen LogP) is 2.73. The smallest absolute Gasteiger partial charge is 0.104 e. The standard InChI is InChI=1S/C13H20ClN3S/c1-17(2)8-4-3-7-16-12-6-5-10(13(15)18)9-11(12)14/h5-6,9,16H,3-4,7-8H2,1-2H3,(H2,15,18). The average molecular weight is 286 g/mol. The van der Waals surface area contributed by atoms with Gasteiger partial charge in [0.1, 0.15) is 4.99 Å². The van der Waals surface area contributed by atoms with E-state index in [0.29, 0.717) is 10.0 Å². The van der Waals surface area contributed by atoms with Crippen molar-refractivity contribution >= 4 is 34.5 Å². The summed E-state index contributed by atoms with van der Waals surface area (Å²) in [4.78, 5) is 2.55. The third-order valence-electron chi connectivity index (χ3n) is 2.60. The Balaban J connectivity index is 2.41. The van der Waals surface area contributed by atoms with Crippen molar-refractivity contribution in [3.63, 3.8) is 0 Å². The summed E-state index contributed by atoms with van der Waals surface area (Å²) in [6, 6.07) is 5.60. The van der Waals surface area contributed by atoms with Crippen LogP contribution in [0.5, 0.6) is 0 Å². The molecule has 18 heavy (non-hydrogen) atoms. The van der Waals surface area contributed by atoms with E-state index < -0.39 is 0 Å². The second kappa shape index (κ2) is 7.56. The van der Waals surface area contributed by atoms with Gasteiger partial charge in [0.05, 0.1) is 10.7 Å². The lowest BCUT2D eigenvalue weighted by Crippen LogP contribution is -2.14. The average Bonchev–Trinajstić information content (AvgIpc) is 2.29. The number of nitrogens with zero attached hydrogens (tertiary/aromatic N) is 1. The number of hydrogen-bond acceptors (Lipinski definition) is 3. The van der Waals surface area contributed by atoms with Gasteiger partial charge in [0.15, 0.2) is 0 Å². The first-order chi connectivity index (χ1) is 8.50. The van der Waals surface area contributed by atoms with Gasteiger partial charge in [-0.05, 0) is 51.7 Å². The number of anilines is 1. The van der Waals surface area contributed by atoms with Gasteiger partial charge in [-0.2, -0.15) is 0 Å². The number of halogens is 1. The zero-order valence-electron chi connectivity index (χ0n) is 10.9. The quantitative estimate of drug-likeness (QED) is 0.597. The van der Waals surface area contributed by atoms with Crippen molar-refractivity contribution in [2.45, 2.75) is 12.8 Å². The molecule has 0 spiro atoms. The van der Waals surface area contributed by atoms with Gasteiger partial charge in [-0.1, -0.05) is 23.8 Å². The van der Waals surface area contributed by atoms with Gasteiger partial charge in [0.25, 0.3) is 0 Å². The molecule has 0 aromatic heterocycles. The van der Waals surface area contributed by atoms with Crippen molar-refractivity contribution in [2.24, 2.45) is 5.73 Å². The molecule has 0 aliphatic heterocycles. The van der Waals surface area contributed by atoms with E-state index in [-0.39, 0.29) is 0 Å². The minimum atomic E-state index is 0.370. The molecule has 0 heterocycles. The van der Waals surface area contributed by atoms with Crippen molar-refractivity contribution in [1.29, 1.82) is 0 Å². The molecular weight excluding hydrogens is 266 g/mol. The Morgan fingerprint density at radius 2 is 2.11 bits per heavy atom. The second-order valence-electron chi connectivity index (χ2n) is 4.50. The van der Waals surface area contributed by atoms with Gasteiger partial charge in [0, 0.05) is 12.1 Å². The van der Waals surface area contributed by atoms with E-state index in [1.54, 1.807) is 6.07 Å². The lowest BCUT2D eigenvalue weighted by atomic mass is 10.2. The van der Waals surface area contributed by atoms with Crippen LogP contribution in [0.2, 0.25) is 5.02 Å². The maximum Gasteiger partial charge on any atom is 0.104 e. The van der Waals surface area contributed by atoms with Gasteiger partial charge in [-0.3, -0.25) is 0 Å². The molecule has 0 fully saturated rings. The SMILES string of the molecule is CN(C)CCCCNc1ccc(C(N)=S)cc1Cl. The largest absolute Gasteiger partial charge is 0.389 e. The molecule has 0 amide bonds. The number of nitrogens with two attached hydrogens (primary N) is 1. The highest BCUT2D eigenvalue weighted by molar-refractivity contribution is 7.80. The molecule has 3 N–H and O–H groups in total. The highest BCUT2D eigenvalue weighted by Gasteiger charge is 2.03. The van der Waals surface area contributed by atoms with Crippen LogP contribution in [0.15, 0.2) is 18.2 Å². The second-order valence-corrected chi connectivity index (χ2v) is 5.34. The highest BCUT2D eigenvalue weighted by atomic mass is 35.5. The first-order valence-corrected chi connectivity index (χ1v) is 6.77. The third kappa shape index (κ3) is 5.21. The summed E-state index contributed by atoms with van der Waals surface area (Å²) in [5.41, 5.74) is 7.28. The Morgan fingerprint density at radius 3 is 2.67 bits per heavy atom. The summed E-state index contributed by atoms with van der Waals surface area (Å²) in [7, 11) is 4.16. The van der Waals surface area contributed by atoms with Gasteiger partial charge < -0.3 is 16.0 Å². The number of unbranched alkanes of at least 4 members (excludes halogenated alkanes) is 1. The lowest BCUT2D eigenvalue weighted by molar-refractivity contribution is 0.396. The Kier molecular flexibility index (Phi) is 6.39. The van der Waals surface area contributed by atoms with E-state index in [1.165, 1.54) is 6.42 Å². The fraction of sp³-hybridized carbons (Fsp3) is 0.462. The van der Waals surface area contributed by atoms with Crippen molar-refractivity contribution in [3.05, 3.63) is 28.8 Å². The lowest BCUT2D eigenvalue weighted by Gasteiger charge is -2.11. The monoisotopic (exact) mass is 285 g/mol. The molecular formula is C13H20ClN3S. The topological polar surface area (TPSA) is 41.3 Å². The molecule has 3 nitrogen and oxygen atoms in total. The fourth-order valence-corrected chi connectivity index (χ4v) is 1.96. The third-order valence-corrected chi connectivity index (χ3v) is 3.15. The summed E-state index contributed by atoms with van der Waals surface area (Å²) in [6.45, 7) is 2.02. The van der Waals surface area contributed by atoms with Crippen molar-refractivity contribution in [2.75, 3.05) is 32.5 Å². The van der Waals surface area contributed by atoms with E-state index in [4.69, 9.17) is 29.6 Å². The normalized spacial score (nSPS) is 10.7. The van der Waals surface area contributed by atoms with Crippen molar-refractivity contribution in [3.8, 4) is 0 Å². The molecule has 1 aromatic rings. The molecule has 0 radical (unpaired) electrons. The van der Waals surface area contributed by atoms with Crippen LogP contribution < -0.4 is 11.1 Å². The Morgan fingerprint density at radius 1 is 1.39 bits per heavy atom. The first kappa shape index (κ1) is 15.2. The molecule has 0 aliphatic rings. The van der Waals surface area contributed by atoms with E-state index >= 15 is 0 Å². The molecule has 0 saturated carbocycles. The maximum absolute atomic E-state index is 6.15. The minimum Gasteiger partial charge on any atom is -0.389 e. The van der Waals surface area contributed by atoms with Crippen LogP contribution in [0.25, 0.3) is 0 Å². The zero-order valence-corrected chi connectivity index (χ0v) is 12.4.